The third kappa shape index (κ3) is 5.42. The Balaban J connectivity index is 1.12. The summed E-state index contributed by atoms with van der Waals surface area (Å²) >= 11 is 0. The van der Waals surface area contributed by atoms with Crippen LogP contribution < -0.4 is 0 Å². The summed E-state index contributed by atoms with van der Waals surface area (Å²) in [5, 5.41) is 9.89. The molecule has 0 bridgehead atoms. The molecule has 0 aliphatic carbocycles. The fourth-order valence-electron chi connectivity index (χ4n) is 9.02. The third-order valence-electron chi connectivity index (χ3n) is 11.8. The Morgan fingerprint density at radius 3 is 1.47 bits per heavy atom. The van der Waals surface area contributed by atoms with Crippen molar-refractivity contribution in [3.05, 3.63) is 206 Å². The summed E-state index contributed by atoms with van der Waals surface area (Å²) in [5.41, 5.74) is 11.0. The van der Waals surface area contributed by atoms with Crippen LogP contribution in [-0.2, 0) is 0 Å². The van der Waals surface area contributed by atoms with E-state index in [1.807, 2.05) is 24.3 Å². The first-order valence-electron chi connectivity index (χ1n) is 20.0. The molecule has 0 N–H and O–H groups in total. The molecule has 274 valence electrons. The quantitative estimate of drug-likeness (QED) is 0.126. The highest BCUT2D eigenvalue weighted by atomic mass is 15.0. The number of benzene rings is 10. The molecule has 4 heteroatoms. The lowest BCUT2D eigenvalue weighted by Crippen LogP contribution is -2.00. The number of fused-ring (bicyclic) bond motifs is 5. The van der Waals surface area contributed by atoms with Crippen molar-refractivity contribution >= 4 is 54.1 Å². The lowest BCUT2D eigenvalue weighted by molar-refractivity contribution is 1.07. The number of rotatable bonds is 6. The smallest absolute Gasteiger partial charge is 0.164 e. The van der Waals surface area contributed by atoms with Crippen molar-refractivity contribution in [1.29, 1.82) is 0 Å². The van der Waals surface area contributed by atoms with E-state index >= 15 is 0 Å². The second kappa shape index (κ2) is 13.3. The van der Waals surface area contributed by atoms with Crippen molar-refractivity contribution in [2.24, 2.45) is 0 Å². The maximum Gasteiger partial charge on any atom is 0.164 e. The SMILES string of the molecule is c1ccc(-c2ccc(-c3nc(-c4ccccc4)nc(-c4ccc5cc6c7ccccc7c7cccc8c7c6c(c5c4)n8-c4cccc(-c5ccccc5)c4)n3)cc2)cc1. The van der Waals surface area contributed by atoms with E-state index in [9.17, 15) is 0 Å². The third-order valence-corrected chi connectivity index (χ3v) is 11.8. The molecule has 12 rings (SSSR count). The molecule has 2 heterocycles. The Morgan fingerprint density at radius 2 is 0.780 bits per heavy atom. The predicted molar refractivity (Wildman–Crippen MR) is 245 cm³/mol. The Kier molecular flexibility index (Phi) is 7.50. The highest BCUT2D eigenvalue weighted by Gasteiger charge is 2.23. The molecular formula is C55H34N4. The summed E-state index contributed by atoms with van der Waals surface area (Å²) in [6, 6.07) is 73.3. The van der Waals surface area contributed by atoms with E-state index in [0.29, 0.717) is 17.5 Å². The summed E-state index contributed by atoms with van der Waals surface area (Å²) < 4.78 is 2.48. The molecule has 0 amide bonds. The van der Waals surface area contributed by atoms with Gasteiger partial charge in [0.25, 0.3) is 0 Å². The van der Waals surface area contributed by atoms with Gasteiger partial charge >= 0.3 is 0 Å². The van der Waals surface area contributed by atoms with E-state index in [1.165, 1.54) is 60.0 Å². The van der Waals surface area contributed by atoms with Gasteiger partial charge in [-0.25, -0.2) is 15.0 Å². The molecule has 0 spiro atoms. The van der Waals surface area contributed by atoms with E-state index in [-0.39, 0.29) is 0 Å². The molecule has 2 aromatic heterocycles. The van der Waals surface area contributed by atoms with E-state index in [0.717, 1.165) is 38.7 Å². The molecule has 0 saturated carbocycles. The fraction of sp³-hybridized carbons (Fsp3) is 0. The first kappa shape index (κ1) is 33.2. The average Bonchev–Trinajstić information content (AvgIpc) is 3.68. The number of nitrogens with zero attached hydrogens (tertiary/aromatic N) is 4. The summed E-state index contributed by atoms with van der Waals surface area (Å²) in [5.74, 6) is 1.91. The molecule has 0 aliphatic heterocycles. The molecule has 59 heavy (non-hydrogen) atoms. The van der Waals surface area contributed by atoms with E-state index < -0.39 is 0 Å². The molecule has 0 aliphatic rings. The topological polar surface area (TPSA) is 43.6 Å². The number of hydrogen-bond donors (Lipinski definition) is 0. The largest absolute Gasteiger partial charge is 0.309 e. The molecule has 0 unspecified atom stereocenters. The maximum atomic E-state index is 5.20. The van der Waals surface area contributed by atoms with Crippen LogP contribution in [0.4, 0.5) is 0 Å². The lowest BCUT2D eigenvalue weighted by atomic mass is 9.92. The van der Waals surface area contributed by atoms with Crippen LogP contribution in [0, 0.1) is 0 Å². The van der Waals surface area contributed by atoms with Crippen molar-refractivity contribution in [2.45, 2.75) is 0 Å². The number of aromatic nitrogens is 4. The molecular weight excluding hydrogens is 717 g/mol. The highest BCUT2D eigenvalue weighted by molar-refractivity contribution is 6.38. The Hall–Kier alpha value is -7.95. The predicted octanol–water partition coefficient (Wildman–Crippen LogP) is 14.2. The van der Waals surface area contributed by atoms with Crippen LogP contribution in [0.15, 0.2) is 206 Å². The van der Waals surface area contributed by atoms with Gasteiger partial charge in [0.1, 0.15) is 0 Å². The van der Waals surface area contributed by atoms with Crippen LogP contribution in [0.5, 0.6) is 0 Å². The normalized spacial score (nSPS) is 11.7. The minimum Gasteiger partial charge on any atom is -0.309 e. The first-order valence-corrected chi connectivity index (χ1v) is 20.0. The molecule has 4 nitrogen and oxygen atoms in total. The minimum absolute atomic E-state index is 0.631. The summed E-state index contributed by atoms with van der Waals surface area (Å²) in [4.78, 5) is 15.4. The van der Waals surface area contributed by atoms with E-state index in [1.54, 1.807) is 0 Å². The highest BCUT2D eigenvalue weighted by Crippen LogP contribution is 2.47. The zero-order chi connectivity index (χ0) is 38.9. The summed E-state index contributed by atoms with van der Waals surface area (Å²) in [7, 11) is 0. The van der Waals surface area contributed by atoms with E-state index in [4.69, 9.17) is 15.0 Å². The van der Waals surface area contributed by atoms with Crippen molar-refractivity contribution < 1.29 is 0 Å². The molecule has 10 aromatic carbocycles. The van der Waals surface area contributed by atoms with Crippen molar-refractivity contribution in [3.8, 4) is 62.1 Å². The van der Waals surface area contributed by atoms with Crippen LogP contribution >= 0.6 is 0 Å². The van der Waals surface area contributed by atoms with Crippen molar-refractivity contribution in [3.63, 3.8) is 0 Å². The molecule has 0 saturated heterocycles. The van der Waals surface area contributed by atoms with Gasteiger partial charge in [-0.2, -0.15) is 0 Å². The maximum absolute atomic E-state index is 5.20. The monoisotopic (exact) mass is 750 g/mol. The van der Waals surface area contributed by atoms with Crippen LogP contribution in [0.2, 0.25) is 0 Å². The summed E-state index contributed by atoms with van der Waals surface area (Å²) in [6.07, 6.45) is 0. The average molecular weight is 751 g/mol. The van der Waals surface area contributed by atoms with Crippen LogP contribution in [0.25, 0.3) is 116 Å². The Morgan fingerprint density at radius 1 is 0.288 bits per heavy atom. The van der Waals surface area contributed by atoms with Gasteiger partial charge in [0.05, 0.1) is 11.0 Å². The van der Waals surface area contributed by atoms with Gasteiger partial charge in [0, 0.05) is 38.5 Å². The Labute approximate surface area is 340 Å². The molecule has 12 aromatic rings. The van der Waals surface area contributed by atoms with Gasteiger partial charge in [0.15, 0.2) is 17.5 Å². The zero-order valence-electron chi connectivity index (χ0n) is 31.9. The van der Waals surface area contributed by atoms with Crippen LogP contribution in [0.3, 0.4) is 0 Å². The van der Waals surface area contributed by atoms with E-state index in [2.05, 4.69) is 187 Å². The second-order valence-corrected chi connectivity index (χ2v) is 15.2. The molecule has 0 fully saturated rings. The second-order valence-electron chi connectivity index (χ2n) is 15.2. The fourth-order valence-corrected chi connectivity index (χ4v) is 9.02. The number of hydrogen-bond acceptors (Lipinski definition) is 3. The Bertz CT molecular complexity index is 3520. The zero-order valence-corrected chi connectivity index (χ0v) is 31.9. The van der Waals surface area contributed by atoms with Gasteiger partial charge < -0.3 is 4.57 Å². The van der Waals surface area contributed by atoms with Crippen LogP contribution in [0.1, 0.15) is 0 Å². The molecule has 0 atom stereocenters. The summed E-state index contributed by atoms with van der Waals surface area (Å²) in [6.45, 7) is 0. The van der Waals surface area contributed by atoms with Gasteiger partial charge in [-0.15, -0.1) is 0 Å². The van der Waals surface area contributed by atoms with Gasteiger partial charge in [-0.1, -0.05) is 176 Å². The molecule has 0 radical (unpaired) electrons. The standard InChI is InChI=1S/C55H34N4/c1-4-14-35(15-5-1)37-26-28-39(29-27-37)54-56-53(38-18-8-3-9-19-38)57-55(58-54)42-31-30-41-33-48-45-23-11-10-22-44(45)46-24-13-25-49-50(46)51(48)52(47(41)34-42)59(49)43-21-12-20-40(32-43)36-16-6-2-7-17-36/h1-34H. The van der Waals surface area contributed by atoms with Gasteiger partial charge in [0.2, 0.25) is 0 Å². The van der Waals surface area contributed by atoms with Crippen molar-refractivity contribution in [2.75, 3.05) is 0 Å². The van der Waals surface area contributed by atoms with Crippen LogP contribution in [-0.4, -0.2) is 19.5 Å². The van der Waals surface area contributed by atoms with Crippen molar-refractivity contribution in [1.82, 2.24) is 19.5 Å². The van der Waals surface area contributed by atoms with Gasteiger partial charge in [-0.3, -0.25) is 0 Å². The lowest BCUT2D eigenvalue weighted by Gasteiger charge is -2.14. The first-order chi connectivity index (χ1) is 29.2. The van der Waals surface area contributed by atoms with Gasteiger partial charge in [-0.05, 0) is 79.5 Å². The minimum atomic E-state index is 0.631.